The molecule has 11 nitrogen and oxygen atoms in total. The number of benzene rings is 2. The van der Waals surface area contributed by atoms with E-state index in [9.17, 15) is 17.6 Å². The largest absolute Gasteiger partial charge is 0.345 e. The standard InChI is InChI=1S/C27H31FN8O3S/c1-18-10-24-20(13-30-36(24)22-6-4-21(28)5-7-22)12-23(18)25-17-35(40(38,39)26-14-29-33(3)31-26)9-8-34(25)16-19-11-27(37)32(2)15-19/h4-7,10,12-14,19,25H,8-9,11,15-17H2,1-3H3. The van der Waals surface area contributed by atoms with Crippen molar-refractivity contribution in [2.45, 2.75) is 24.4 Å². The number of rotatable bonds is 6. The monoisotopic (exact) mass is 566 g/mol. The molecule has 0 N–H and O–H groups in total. The van der Waals surface area contributed by atoms with Gasteiger partial charge >= 0.3 is 0 Å². The van der Waals surface area contributed by atoms with E-state index in [1.807, 2.05) is 20.0 Å². The molecular weight excluding hydrogens is 535 g/mol. The number of sulfonamides is 1. The fourth-order valence-electron chi connectivity index (χ4n) is 5.86. The van der Waals surface area contributed by atoms with E-state index >= 15 is 0 Å². The highest BCUT2D eigenvalue weighted by atomic mass is 32.2. The molecule has 40 heavy (non-hydrogen) atoms. The Labute approximate surface area is 231 Å². The smallest absolute Gasteiger partial charge is 0.264 e. The number of hydrogen-bond acceptors (Lipinski definition) is 7. The number of halogens is 1. The average Bonchev–Trinajstić information content (AvgIpc) is 3.63. The Morgan fingerprint density at radius 2 is 1.80 bits per heavy atom. The fraction of sp³-hybridized carbons (Fsp3) is 0.407. The Morgan fingerprint density at radius 3 is 2.48 bits per heavy atom. The number of hydrogen-bond donors (Lipinski definition) is 0. The van der Waals surface area contributed by atoms with Crippen LogP contribution in [0.1, 0.15) is 23.6 Å². The minimum atomic E-state index is -3.84. The van der Waals surface area contributed by atoms with Crippen molar-refractivity contribution < 1.29 is 17.6 Å². The van der Waals surface area contributed by atoms with Crippen LogP contribution in [0.3, 0.4) is 0 Å². The number of aromatic nitrogens is 5. The molecule has 0 bridgehead atoms. The van der Waals surface area contributed by atoms with Crippen molar-refractivity contribution in [2.24, 2.45) is 13.0 Å². The van der Waals surface area contributed by atoms with Gasteiger partial charge in [-0.1, -0.05) is 0 Å². The summed E-state index contributed by atoms with van der Waals surface area (Å²) in [5.74, 6) is -0.00292. The van der Waals surface area contributed by atoms with E-state index in [1.165, 1.54) is 27.4 Å². The van der Waals surface area contributed by atoms with Crippen molar-refractivity contribution in [1.29, 1.82) is 0 Å². The summed E-state index contributed by atoms with van der Waals surface area (Å²) >= 11 is 0. The predicted octanol–water partition coefficient (Wildman–Crippen LogP) is 2.13. The Balaban J connectivity index is 1.36. The van der Waals surface area contributed by atoms with Crippen LogP contribution in [0.25, 0.3) is 16.6 Å². The van der Waals surface area contributed by atoms with Gasteiger partial charge < -0.3 is 4.90 Å². The summed E-state index contributed by atoms with van der Waals surface area (Å²) in [7, 11) is -0.429. The lowest BCUT2D eigenvalue weighted by Gasteiger charge is -2.42. The predicted molar refractivity (Wildman–Crippen MR) is 146 cm³/mol. The molecule has 2 aromatic heterocycles. The average molecular weight is 567 g/mol. The Kier molecular flexibility index (Phi) is 6.67. The summed E-state index contributed by atoms with van der Waals surface area (Å²) in [6, 6.07) is 10.1. The molecule has 0 saturated carbocycles. The van der Waals surface area contributed by atoms with Crippen LogP contribution < -0.4 is 0 Å². The van der Waals surface area contributed by atoms with E-state index in [1.54, 1.807) is 35.0 Å². The van der Waals surface area contributed by atoms with Crippen molar-refractivity contribution >= 4 is 26.8 Å². The third-order valence-corrected chi connectivity index (χ3v) is 9.66. The van der Waals surface area contributed by atoms with Crippen LogP contribution >= 0.6 is 0 Å². The minimum Gasteiger partial charge on any atom is -0.345 e. The lowest BCUT2D eigenvalue weighted by molar-refractivity contribution is -0.126. The van der Waals surface area contributed by atoms with Gasteiger partial charge in [-0.3, -0.25) is 9.69 Å². The second-order valence-electron chi connectivity index (χ2n) is 10.7. The summed E-state index contributed by atoms with van der Waals surface area (Å²) in [5.41, 5.74) is 3.62. The molecule has 2 atom stereocenters. The Hall–Kier alpha value is -3.68. The molecule has 0 spiro atoms. The lowest BCUT2D eigenvalue weighted by Crippen LogP contribution is -2.51. The van der Waals surface area contributed by atoms with Crippen molar-refractivity contribution in [3.63, 3.8) is 0 Å². The number of nitrogens with zero attached hydrogens (tertiary/aromatic N) is 8. The molecule has 2 aliphatic rings. The topological polar surface area (TPSA) is 109 Å². The summed E-state index contributed by atoms with van der Waals surface area (Å²) in [6.07, 6.45) is 3.54. The fourth-order valence-corrected chi connectivity index (χ4v) is 7.18. The molecule has 2 fully saturated rings. The zero-order chi connectivity index (χ0) is 28.2. The molecule has 0 radical (unpaired) electrons. The molecular formula is C27H31FN8O3S. The molecule has 2 saturated heterocycles. The molecule has 13 heteroatoms. The van der Waals surface area contributed by atoms with Crippen LogP contribution in [-0.4, -0.2) is 93.0 Å². The van der Waals surface area contributed by atoms with Crippen LogP contribution in [0, 0.1) is 18.7 Å². The first-order valence-electron chi connectivity index (χ1n) is 13.2. The molecule has 2 aromatic carbocycles. The molecule has 4 aromatic rings. The number of amides is 1. The maximum Gasteiger partial charge on any atom is 0.264 e. The van der Waals surface area contributed by atoms with Crippen LogP contribution in [-0.2, 0) is 21.9 Å². The summed E-state index contributed by atoms with van der Waals surface area (Å²) in [5, 5.41) is 13.4. The van der Waals surface area contributed by atoms with Gasteiger partial charge in [-0.25, -0.2) is 17.5 Å². The second-order valence-corrected chi connectivity index (χ2v) is 12.6. The Morgan fingerprint density at radius 1 is 1.02 bits per heavy atom. The van der Waals surface area contributed by atoms with Gasteiger partial charge in [0.15, 0.2) is 0 Å². The van der Waals surface area contributed by atoms with Gasteiger partial charge in [-0.15, -0.1) is 5.10 Å². The van der Waals surface area contributed by atoms with Gasteiger partial charge in [0.2, 0.25) is 10.9 Å². The Bertz CT molecular complexity index is 1680. The minimum absolute atomic E-state index is 0.0713. The number of aryl methyl sites for hydroxylation is 2. The number of piperazine rings is 1. The van der Waals surface area contributed by atoms with E-state index in [0.29, 0.717) is 32.6 Å². The number of fused-ring (bicyclic) bond motifs is 1. The quantitative estimate of drug-likeness (QED) is 0.352. The van der Waals surface area contributed by atoms with Crippen LogP contribution in [0.5, 0.6) is 0 Å². The number of carbonyl (C=O) groups excluding carboxylic acids is 1. The summed E-state index contributed by atoms with van der Waals surface area (Å²) in [6.45, 7) is 4.46. The molecule has 6 rings (SSSR count). The number of likely N-dealkylation sites (tertiary alicyclic amines) is 1. The normalized spacial score (nSPS) is 21.1. The zero-order valence-electron chi connectivity index (χ0n) is 22.6. The van der Waals surface area contributed by atoms with Crippen molar-refractivity contribution in [3.05, 3.63) is 65.7 Å². The third kappa shape index (κ3) is 4.78. The highest BCUT2D eigenvalue weighted by molar-refractivity contribution is 7.89. The van der Waals surface area contributed by atoms with Crippen LogP contribution in [0.4, 0.5) is 4.39 Å². The second kappa shape index (κ2) is 10.1. The van der Waals surface area contributed by atoms with Gasteiger partial charge in [-0.2, -0.15) is 19.3 Å². The summed E-state index contributed by atoms with van der Waals surface area (Å²) in [4.78, 5) is 17.5. The molecule has 2 aliphatic heterocycles. The first-order chi connectivity index (χ1) is 19.1. The maximum absolute atomic E-state index is 13.5. The molecule has 4 heterocycles. The van der Waals surface area contributed by atoms with E-state index in [0.717, 1.165) is 27.7 Å². The van der Waals surface area contributed by atoms with Crippen LogP contribution in [0.15, 0.2) is 53.8 Å². The third-order valence-electron chi connectivity index (χ3n) is 7.94. The van der Waals surface area contributed by atoms with Gasteiger partial charge in [-0.05, 0) is 60.4 Å². The van der Waals surface area contributed by atoms with E-state index < -0.39 is 10.0 Å². The van der Waals surface area contributed by atoms with E-state index in [4.69, 9.17) is 0 Å². The first kappa shape index (κ1) is 26.5. The molecule has 0 aliphatic carbocycles. The molecule has 2 unspecified atom stereocenters. The molecule has 1 amide bonds. The van der Waals surface area contributed by atoms with Crippen molar-refractivity contribution in [3.8, 4) is 5.69 Å². The van der Waals surface area contributed by atoms with Gasteiger partial charge in [0.25, 0.3) is 10.0 Å². The van der Waals surface area contributed by atoms with Crippen LogP contribution in [0.2, 0.25) is 0 Å². The van der Waals surface area contributed by atoms with Gasteiger partial charge in [0, 0.05) is 64.7 Å². The SMILES string of the molecule is Cc1cc2c(cnn2-c2ccc(F)cc2)cc1C1CN(S(=O)(=O)c2cnn(C)n2)CCN1CC1CC(=O)N(C)C1. The van der Waals surface area contributed by atoms with Crippen molar-refractivity contribution in [1.82, 2.24) is 38.9 Å². The van der Waals surface area contributed by atoms with E-state index in [-0.39, 0.29) is 35.3 Å². The number of carbonyl (C=O) groups is 1. The highest BCUT2D eigenvalue weighted by Crippen LogP contribution is 2.34. The van der Waals surface area contributed by atoms with E-state index in [2.05, 4.69) is 26.3 Å². The summed E-state index contributed by atoms with van der Waals surface area (Å²) < 4.78 is 43.8. The van der Waals surface area contributed by atoms with Crippen molar-refractivity contribution in [2.75, 3.05) is 39.8 Å². The molecule has 210 valence electrons. The van der Waals surface area contributed by atoms with Gasteiger partial charge in [0.05, 0.1) is 23.6 Å². The maximum atomic E-state index is 13.5. The lowest BCUT2D eigenvalue weighted by atomic mass is 9.95. The highest BCUT2D eigenvalue weighted by Gasteiger charge is 2.39. The zero-order valence-corrected chi connectivity index (χ0v) is 23.4. The first-order valence-corrected chi connectivity index (χ1v) is 14.6. The van der Waals surface area contributed by atoms with Gasteiger partial charge in [0.1, 0.15) is 5.82 Å².